The summed E-state index contributed by atoms with van der Waals surface area (Å²) in [5.74, 6) is 0.314. The van der Waals surface area contributed by atoms with Gasteiger partial charge in [0, 0.05) is 54.2 Å². The van der Waals surface area contributed by atoms with E-state index in [-0.39, 0.29) is 24.0 Å². The molecular weight excluding hydrogens is 486 g/mol. The number of nitrogens with zero attached hydrogens (tertiary/aromatic N) is 3. The molecule has 3 heterocycles. The highest BCUT2D eigenvalue weighted by Crippen LogP contribution is 2.25. The van der Waals surface area contributed by atoms with E-state index in [0.29, 0.717) is 34.9 Å². The molecule has 2 aliphatic rings. The van der Waals surface area contributed by atoms with Gasteiger partial charge in [-0.05, 0) is 49.1 Å². The maximum absolute atomic E-state index is 13.2. The molecule has 3 aromatic rings. The molecule has 0 aliphatic carbocycles. The van der Waals surface area contributed by atoms with Gasteiger partial charge in [-0.2, -0.15) is 4.31 Å². The Morgan fingerprint density at radius 2 is 1.71 bits per heavy atom. The number of aromatic amines is 1. The third kappa shape index (κ3) is 4.94. The molecule has 0 saturated carbocycles. The average Bonchev–Trinajstić information content (AvgIpc) is 3.30. The van der Waals surface area contributed by atoms with Gasteiger partial charge in [-0.3, -0.25) is 10.2 Å². The van der Waals surface area contributed by atoms with Crippen molar-refractivity contribution in [3.8, 4) is 0 Å². The molecule has 5 rings (SSSR count). The van der Waals surface area contributed by atoms with Crippen molar-refractivity contribution in [3.63, 3.8) is 0 Å². The second kappa shape index (κ2) is 9.64. The summed E-state index contributed by atoms with van der Waals surface area (Å²) in [5, 5.41) is 9.76. The summed E-state index contributed by atoms with van der Waals surface area (Å²) in [6.07, 6.45) is 3.47. The Morgan fingerprint density at radius 3 is 2.43 bits per heavy atom. The number of rotatable bonds is 5. The fourth-order valence-corrected chi connectivity index (χ4v) is 6.28. The Hall–Kier alpha value is -2.88. The maximum atomic E-state index is 13.2. The van der Waals surface area contributed by atoms with Crippen LogP contribution in [-0.4, -0.2) is 72.0 Å². The zero-order valence-corrected chi connectivity index (χ0v) is 20.9. The Bertz CT molecular complexity index is 1360. The first-order valence-electron chi connectivity index (χ1n) is 11.8. The quantitative estimate of drug-likeness (QED) is 0.401. The lowest BCUT2D eigenvalue weighted by Gasteiger charge is -2.33. The molecular formula is C25H28ClN5O3S. The number of amides is 1. The summed E-state index contributed by atoms with van der Waals surface area (Å²) in [6.45, 7) is 2.60. The minimum Gasteiger partial charge on any atom is -0.357 e. The minimum atomic E-state index is -3.83. The van der Waals surface area contributed by atoms with Crippen LogP contribution in [0.15, 0.2) is 53.6 Å². The number of nitrogens with one attached hydrogen (secondary N) is 2. The standard InChI is InChI=1S/C25H28ClN5O3S/c26-21-8-9-22-20(14-21)15-23(28-22)35(33,34)31-13-12-30(24(32)17-31)16-18-4-6-19(7-5-18)25(27)29-10-2-1-3-11-29/h4-9,14-15,27-28H,1-3,10-13,16-17H2. The molecule has 1 amide bonds. The molecule has 2 saturated heterocycles. The van der Waals surface area contributed by atoms with E-state index in [1.807, 2.05) is 24.3 Å². The molecule has 2 fully saturated rings. The van der Waals surface area contributed by atoms with Crippen LogP contribution in [0.1, 0.15) is 30.4 Å². The van der Waals surface area contributed by atoms with E-state index in [1.165, 1.54) is 10.7 Å². The fraction of sp³-hybridized carbons (Fsp3) is 0.360. The van der Waals surface area contributed by atoms with Crippen LogP contribution in [0.3, 0.4) is 0 Å². The van der Waals surface area contributed by atoms with Gasteiger partial charge in [-0.1, -0.05) is 35.9 Å². The summed E-state index contributed by atoms with van der Waals surface area (Å²) in [4.78, 5) is 19.6. The summed E-state index contributed by atoms with van der Waals surface area (Å²) in [6, 6.07) is 14.4. The predicted molar refractivity (Wildman–Crippen MR) is 136 cm³/mol. The summed E-state index contributed by atoms with van der Waals surface area (Å²) >= 11 is 6.02. The van der Waals surface area contributed by atoms with Gasteiger partial charge in [-0.15, -0.1) is 0 Å². The zero-order valence-electron chi connectivity index (χ0n) is 19.3. The minimum absolute atomic E-state index is 0.0581. The molecule has 0 atom stereocenters. The monoisotopic (exact) mass is 513 g/mol. The van der Waals surface area contributed by atoms with Gasteiger partial charge < -0.3 is 14.8 Å². The van der Waals surface area contributed by atoms with E-state index in [2.05, 4.69) is 9.88 Å². The largest absolute Gasteiger partial charge is 0.357 e. The second-order valence-corrected chi connectivity index (χ2v) is 11.5. The summed E-state index contributed by atoms with van der Waals surface area (Å²) in [5.41, 5.74) is 2.50. The Labute approximate surface area is 210 Å². The van der Waals surface area contributed by atoms with Crippen molar-refractivity contribution in [2.75, 3.05) is 32.7 Å². The number of carbonyl (C=O) groups is 1. The number of benzene rings is 2. The molecule has 0 unspecified atom stereocenters. The van der Waals surface area contributed by atoms with Crippen molar-refractivity contribution in [1.29, 1.82) is 5.41 Å². The van der Waals surface area contributed by atoms with Crippen LogP contribution in [0.2, 0.25) is 5.02 Å². The van der Waals surface area contributed by atoms with E-state index in [4.69, 9.17) is 17.0 Å². The SMILES string of the molecule is N=C(c1ccc(CN2CCN(S(=O)(=O)c3cc4cc(Cl)ccc4[nH]3)CC2=O)cc1)N1CCCCC1. The highest BCUT2D eigenvalue weighted by atomic mass is 35.5. The summed E-state index contributed by atoms with van der Waals surface area (Å²) < 4.78 is 27.5. The lowest BCUT2D eigenvalue weighted by molar-refractivity contribution is -0.134. The molecule has 8 nitrogen and oxygen atoms in total. The van der Waals surface area contributed by atoms with Crippen molar-refractivity contribution in [2.24, 2.45) is 0 Å². The predicted octanol–water partition coefficient (Wildman–Crippen LogP) is 3.67. The summed E-state index contributed by atoms with van der Waals surface area (Å²) in [7, 11) is -3.83. The molecule has 0 radical (unpaired) electrons. The molecule has 2 aliphatic heterocycles. The van der Waals surface area contributed by atoms with Crippen LogP contribution < -0.4 is 0 Å². The average molecular weight is 514 g/mol. The highest BCUT2D eigenvalue weighted by Gasteiger charge is 2.33. The van der Waals surface area contributed by atoms with Crippen molar-refractivity contribution in [3.05, 3.63) is 64.7 Å². The topological polar surface area (TPSA) is 101 Å². The number of hydrogen-bond acceptors (Lipinski definition) is 4. The first-order chi connectivity index (χ1) is 16.8. The third-order valence-electron chi connectivity index (χ3n) is 6.73. The maximum Gasteiger partial charge on any atom is 0.259 e. The van der Waals surface area contributed by atoms with E-state index >= 15 is 0 Å². The van der Waals surface area contributed by atoms with Crippen molar-refractivity contribution >= 4 is 44.3 Å². The van der Waals surface area contributed by atoms with E-state index in [9.17, 15) is 13.2 Å². The van der Waals surface area contributed by atoms with Gasteiger partial charge in [-0.25, -0.2) is 8.42 Å². The Balaban J connectivity index is 1.22. The molecule has 0 bridgehead atoms. The van der Waals surface area contributed by atoms with Crippen LogP contribution in [0, 0.1) is 5.41 Å². The van der Waals surface area contributed by atoms with Gasteiger partial charge in [0.2, 0.25) is 5.91 Å². The number of hydrogen-bond donors (Lipinski definition) is 2. The first-order valence-corrected chi connectivity index (χ1v) is 13.6. The lowest BCUT2D eigenvalue weighted by Crippen LogP contribution is -2.51. The number of likely N-dealkylation sites (tertiary alicyclic amines) is 1. The fourth-order valence-electron chi connectivity index (χ4n) is 4.70. The van der Waals surface area contributed by atoms with Crippen molar-refractivity contribution in [1.82, 2.24) is 19.1 Å². The molecule has 1 aromatic heterocycles. The number of fused-ring (bicyclic) bond motifs is 1. The van der Waals surface area contributed by atoms with Gasteiger partial charge in [0.05, 0.1) is 6.54 Å². The second-order valence-electron chi connectivity index (χ2n) is 9.11. The van der Waals surface area contributed by atoms with Gasteiger partial charge in [0.25, 0.3) is 10.0 Å². The number of carbonyl (C=O) groups excluding carboxylic acids is 1. The van der Waals surface area contributed by atoms with Gasteiger partial charge in [0.15, 0.2) is 0 Å². The van der Waals surface area contributed by atoms with Crippen LogP contribution in [0.4, 0.5) is 0 Å². The molecule has 0 spiro atoms. The number of aromatic nitrogens is 1. The van der Waals surface area contributed by atoms with E-state index in [1.54, 1.807) is 29.2 Å². The number of piperazine rings is 1. The highest BCUT2D eigenvalue weighted by molar-refractivity contribution is 7.89. The third-order valence-corrected chi connectivity index (χ3v) is 8.73. The van der Waals surface area contributed by atoms with Crippen molar-refractivity contribution < 1.29 is 13.2 Å². The van der Waals surface area contributed by atoms with Gasteiger partial charge >= 0.3 is 0 Å². The normalized spacial score (nSPS) is 17.8. The number of amidine groups is 1. The number of halogens is 1. The first kappa shape index (κ1) is 23.8. The number of piperidine rings is 1. The number of H-pyrrole nitrogens is 1. The van der Waals surface area contributed by atoms with E-state index in [0.717, 1.165) is 37.1 Å². The van der Waals surface area contributed by atoms with Crippen LogP contribution in [0.25, 0.3) is 10.9 Å². The molecule has 2 N–H and O–H groups in total. The van der Waals surface area contributed by atoms with Crippen molar-refractivity contribution in [2.45, 2.75) is 30.8 Å². The molecule has 35 heavy (non-hydrogen) atoms. The van der Waals surface area contributed by atoms with Crippen LogP contribution in [-0.2, 0) is 21.4 Å². The zero-order chi connectivity index (χ0) is 24.6. The molecule has 2 aromatic carbocycles. The lowest BCUT2D eigenvalue weighted by atomic mass is 10.1. The molecule has 10 heteroatoms. The Morgan fingerprint density at radius 1 is 0.971 bits per heavy atom. The van der Waals surface area contributed by atoms with E-state index < -0.39 is 10.0 Å². The Kier molecular flexibility index (Phi) is 6.57. The van der Waals surface area contributed by atoms with Crippen LogP contribution >= 0.6 is 11.6 Å². The number of sulfonamides is 1. The molecule has 184 valence electrons. The smallest absolute Gasteiger partial charge is 0.259 e. The van der Waals surface area contributed by atoms with Gasteiger partial charge in [0.1, 0.15) is 10.9 Å². The van der Waals surface area contributed by atoms with Crippen LogP contribution in [0.5, 0.6) is 0 Å².